The van der Waals surface area contributed by atoms with Crippen LogP contribution in [-0.2, 0) is 4.74 Å². The van der Waals surface area contributed by atoms with E-state index < -0.39 is 0 Å². The Hall–Kier alpha value is -0.120. The predicted octanol–water partition coefficient (Wildman–Crippen LogP) is 0.494. The van der Waals surface area contributed by atoms with Gasteiger partial charge in [0.05, 0.1) is 0 Å². The molecule has 3 heteroatoms. The summed E-state index contributed by atoms with van der Waals surface area (Å²) >= 11 is 0. The number of ether oxygens (including phenoxy) is 1. The minimum atomic E-state index is -0.00653. The first-order valence-corrected chi connectivity index (χ1v) is 4.84. The first-order valence-electron chi connectivity index (χ1n) is 4.84. The van der Waals surface area contributed by atoms with E-state index >= 15 is 0 Å². The Morgan fingerprint density at radius 3 is 2.67 bits per heavy atom. The van der Waals surface area contributed by atoms with Gasteiger partial charge in [0, 0.05) is 25.3 Å². The van der Waals surface area contributed by atoms with Crippen LogP contribution in [0.15, 0.2) is 0 Å². The lowest BCUT2D eigenvalue weighted by Gasteiger charge is -2.33. The van der Waals surface area contributed by atoms with Crippen molar-refractivity contribution >= 4 is 0 Å². The maximum Gasteiger partial charge on any atom is 0.0484 e. The van der Waals surface area contributed by atoms with Crippen molar-refractivity contribution in [2.24, 2.45) is 5.73 Å². The fourth-order valence-electron chi connectivity index (χ4n) is 1.47. The molecule has 1 fully saturated rings. The summed E-state index contributed by atoms with van der Waals surface area (Å²) in [4.78, 5) is 0. The van der Waals surface area contributed by atoms with E-state index in [-0.39, 0.29) is 5.54 Å². The molecule has 0 aromatic heterocycles. The van der Waals surface area contributed by atoms with E-state index in [4.69, 9.17) is 10.5 Å². The summed E-state index contributed by atoms with van der Waals surface area (Å²) in [6.45, 7) is 5.82. The van der Waals surface area contributed by atoms with Gasteiger partial charge >= 0.3 is 0 Å². The van der Waals surface area contributed by atoms with Gasteiger partial charge in [-0.05, 0) is 25.8 Å². The van der Waals surface area contributed by atoms with Gasteiger partial charge in [0.25, 0.3) is 0 Å². The van der Waals surface area contributed by atoms with Crippen molar-refractivity contribution in [2.45, 2.75) is 31.7 Å². The molecule has 0 amide bonds. The monoisotopic (exact) mass is 172 g/mol. The normalized spacial score (nSPS) is 22.5. The van der Waals surface area contributed by atoms with Gasteiger partial charge in [0.2, 0.25) is 0 Å². The lowest BCUT2D eigenvalue weighted by Crippen LogP contribution is -2.52. The van der Waals surface area contributed by atoms with Crippen molar-refractivity contribution in [1.82, 2.24) is 5.32 Å². The van der Waals surface area contributed by atoms with Crippen molar-refractivity contribution in [3.05, 3.63) is 0 Å². The number of hydrogen-bond donors (Lipinski definition) is 2. The molecule has 0 spiro atoms. The highest BCUT2D eigenvalue weighted by atomic mass is 16.5. The fraction of sp³-hybridized carbons (Fsp3) is 1.00. The van der Waals surface area contributed by atoms with Gasteiger partial charge in [-0.2, -0.15) is 0 Å². The Balaban J connectivity index is 2.17. The lowest BCUT2D eigenvalue weighted by molar-refractivity contribution is 0.0532. The SMILES string of the molecule is CCCNCC1(N)CCOCC1. The maximum absolute atomic E-state index is 6.16. The Kier molecular flexibility index (Phi) is 3.98. The van der Waals surface area contributed by atoms with Gasteiger partial charge in [0.15, 0.2) is 0 Å². The first kappa shape index (κ1) is 9.96. The molecule has 0 atom stereocenters. The summed E-state index contributed by atoms with van der Waals surface area (Å²) in [5.41, 5.74) is 6.15. The van der Waals surface area contributed by atoms with E-state index in [2.05, 4.69) is 12.2 Å². The van der Waals surface area contributed by atoms with E-state index in [0.717, 1.165) is 39.1 Å². The van der Waals surface area contributed by atoms with Crippen molar-refractivity contribution in [2.75, 3.05) is 26.3 Å². The van der Waals surface area contributed by atoms with Gasteiger partial charge in [-0.25, -0.2) is 0 Å². The Bertz CT molecular complexity index is 122. The van der Waals surface area contributed by atoms with Crippen LogP contribution in [0.4, 0.5) is 0 Å². The Morgan fingerprint density at radius 2 is 2.08 bits per heavy atom. The average Bonchev–Trinajstić information content (AvgIpc) is 2.06. The smallest absolute Gasteiger partial charge is 0.0484 e. The second-order valence-corrected chi connectivity index (χ2v) is 3.65. The molecule has 0 bridgehead atoms. The van der Waals surface area contributed by atoms with E-state index in [0.29, 0.717) is 0 Å². The summed E-state index contributed by atoms with van der Waals surface area (Å²) < 4.78 is 5.26. The molecule has 0 unspecified atom stereocenters. The molecule has 3 nitrogen and oxygen atoms in total. The van der Waals surface area contributed by atoms with Crippen molar-refractivity contribution < 1.29 is 4.74 Å². The third kappa shape index (κ3) is 3.09. The van der Waals surface area contributed by atoms with Crippen LogP contribution in [0.2, 0.25) is 0 Å². The van der Waals surface area contributed by atoms with Gasteiger partial charge in [-0.3, -0.25) is 0 Å². The minimum absolute atomic E-state index is 0.00653. The van der Waals surface area contributed by atoms with E-state index in [1.54, 1.807) is 0 Å². The van der Waals surface area contributed by atoms with Crippen molar-refractivity contribution in [1.29, 1.82) is 0 Å². The molecular formula is C9H20N2O. The topological polar surface area (TPSA) is 47.3 Å². The van der Waals surface area contributed by atoms with Gasteiger partial charge in [-0.15, -0.1) is 0 Å². The van der Waals surface area contributed by atoms with Gasteiger partial charge in [0.1, 0.15) is 0 Å². The number of nitrogens with one attached hydrogen (secondary N) is 1. The van der Waals surface area contributed by atoms with Crippen LogP contribution in [-0.4, -0.2) is 31.8 Å². The quantitative estimate of drug-likeness (QED) is 0.607. The molecule has 0 aromatic rings. The van der Waals surface area contributed by atoms with Crippen LogP contribution >= 0.6 is 0 Å². The average molecular weight is 172 g/mol. The second-order valence-electron chi connectivity index (χ2n) is 3.65. The zero-order chi connectivity index (χ0) is 8.86. The molecule has 1 heterocycles. The standard InChI is InChI=1S/C9H20N2O/c1-2-5-11-8-9(10)3-6-12-7-4-9/h11H,2-8,10H2,1H3. The van der Waals surface area contributed by atoms with Crippen molar-refractivity contribution in [3.63, 3.8) is 0 Å². The number of rotatable bonds is 4. The largest absolute Gasteiger partial charge is 0.381 e. The van der Waals surface area contributed by atoms with Gasteiger partial charge in [-0.1, -0.05) is 6.92 Å². The summed E-state index contributed by atoms with van der Waals surface area (Å²) in [6, 6.07) is 0. The maximum atomic E-state index is 6.16. The summed E-state index contributed by atoms with van der Waals surface area (Å²) in [5.74, 6) is 0. The molecule has 0 saturated carbocycles. The van der Waals surface area contributed by atoms with E-state index in [1.165, 1.54) is 6.42 Å². The lowest BCUT2D eigenvalue weighted by atomic mass is 9.91. The van der Waals surface area contributed by atoms with Crippen LogP contribution in [0.25, 0.3) is 0 Å². The third-order valence-electron chi connectivity index (χ3n) is 2.39. The van der Waals surface area contributed by atoms with E-state index in [1.807, 2.05) is 0 Å². The van der Waals surface area contributed by atoms with E-state index in [9.17, 15) is 0 Å². The van der Waals surface area contributed by atoms with Gasteiger partial charge < -0.3 is 15.8 Å². The molecule has 1 aliphatic rings. The first-order chi connectivity index (χ1) is 5.77. The Morgan fingerprint density at radius 1 is 1.42 bits per heavy atom. The number of hydrogen-bond acceptors (Lipinski definition) is 3. The predicted molar refractivity (Wildman–Crippen MR) is 50.1 cm³/mol. The zero-order valence-electron chi connectivity index (χ0n) is 7.94. The van der Waals surface area contributed by atoms with Crippen LogP contribution < -0.4 is 11.1 Å². The summed E-state index contributed by atoms with van der Waals surface area (Å²) in [6.07, 6.45) is 3.15. The fourth-order valence-corrected chi connectivity index (χ4v) is 1.47. The van der Waals surface area contributed by atoms with Crippen LogP contribution in [0.3, 0.4) is 0 Å². The molecule has 1 saturated heterocycles. The summed E-state index contributed by atoms with van der Waals surface area (Å²) in [7, 11) is 0. The van der Waals surface area contributed by atoms with Crippen LogP contribution in [0.5, 0.6) is 0 Å². The molecule has 12 heavy (non-hydrogen) atoms. The molecule has 3 N–H and O–H groups in total. The molecular weight excluding hydrogens is 152 g/mol. The van der Waals surface area contributed by atoms with Crippen LogP contribution in [0.1, 0.15) is 26.2 Å². The minimum Gasteiger partial charge on any atom is -0.381 e. The number of nitrogens with two attached hydrogens (primary N) is 1. The highest BCUT2D eigenvalue weighted by molar-refractivity contribution is 4.88. The second kappa shape index (κ2) is 4.80. The summed E-state index contributed by atoms with van der Waals surface area (Å²) in [5, 5.41) is 3.36. The molecule has 0 aliphatic carbocycles. The van der Waals surface area contributed by atoms with Crippen molar-refractivity contribution in [3.8, 4) is 0 Å². The highest BCUT2D eigenvalue weighted by Crippen LogP contribution is 2.16. The molecule has 1 aliphatic heterocycles. The molecule has 0 aromatic carbocycles. The molecule has 72 valence electrons. The highest BCUT2D eigenvalue weighted by Gasteiger charge is 2.26. The Labute approximate surface area is 74.7 Å². The molecule has 1 rings (SSSR count). The third-order valence-corrected chi connectivity index (χ3v) is 2.39. The van der Waals surface area contributed by atoms with Crippen LogP contribution in [0, 0.1) is 0 Å². The molecule has 0 radical (unpaired) electrons. The zero-order valence-corrected chi connectivity index (χ0v) is 7.94.